The Bertz CT molecular complexity index is 512. The Hall–Kier alpha value is -1.55. The van der Waals surface area contributed by atoms with Crippen LogP contribution in [-0.2, 0) is 21.4 Å². The van der Waals surface area contributed by atoms with Gasteiger partial charge in [0.1, 0.15) is 5.41 Å². The molecule has 0 spiro atoms. The van der Waals surface area contributed by atoms with E-state index in [4.69, 9.17) is 16.7 Å². The van der Waals surface area contributed by atoms with Gasteiger partial charge in [-0.25, -0.2) is 0 Å². The van der Waals surface area contributed by atoms with Crippen LogP contribution in [0.25, 0.3) is 0 Å². The van der Waals surface area contributed by atoms with E-state index in [9.17, 15) is 14.7 Å². The smallest absolute Gasteiger partial charge is 0.314 e. The fourth-order valence-corrected chi connectivity index (χ4v) is 2.84. The predicted octanol–water partition coefficient (Wildman–Crippen LogP) is 2.47. The topological polar surface area (TPSA) is 74.6 Å². The number of aryl methyl sites for hydroxylation is 1. The first kappa shape index (κ1) is 12.9. The van der Waals surface area contributed by atoms with Crippen molar-refractivity contribution in [2.24, 2.45) is 0 Å². The van der Waals surface area contributed by atoms with Crippen molar-refractivity contribution in [2.45, 2.75) is 31.1 Å². The second-order valence-corrected chi connectivity index (χ2v) is 5.05. The summed E-state index contributed by atoms with van der Waals surface area (Å²) in [5.74, 6) is -2.20. The van der Waals surface area contributed by atoms with E-state index in [1.807, 2.05) is 0 Å². The highest BCUT2D eigenvalue weighted by Gasteiger charge is 2.45. The van der Waals surface area contributed by atoms with Crippen LogP contribution in [0.15, 0.2) is 18.2 Å². The molecule has 1 unspecified atom stereocenters. The second-order valence-electron chi connectivity index (χ2n) is 4.61. The van der Waals surface area contributed by atoms with Crippen molar-refractivity contribution in [3.8, 4) is 0 Å². The molecule has 0 radical (unpaired) electrons. The molecule has 5 heteroatoms. The number of hydrogen-bond acceptors (Lipinski definition) is 2. The molecular formula is C13H13ClO4. The summed E-state index contributed by atoms with van der Waals surface area (Å²) in [4.78, 5) is 22.6. The number of benzene rings is 1. The number of aliphatic carboxylic acids is 2. The lowest BCUT2D eigenvalue weighted by Crippen LogP contribution is -2.41. The van der Waals surface area contributed by atoms with Crippen molar-refractivity contribution in [2.75, 3.05) is 0 Å². The number of rotatable bonds is 3. The van der Waals surface area contributed by atoms with Crippen LogP contribution in [0, 0.1) is 0 Å². The molecule has 0 fully saturated rings. The third-order valence-corrected chi connectivity index (χ3v) is 3.73. The van der Waals surface area contributed by atoms with Crippen LogP contribution in [0.1, 0.15) is 30.4 Å². The summed E-state index contributed by atoms with van der Waals surface area (Å²) in [6, 6.07) is 5.09. The van der Waals surface area contributed by atoms with E-state index in [1.54, 1.807) is 18.2 Å². The molecule has 0 saturated heterocycles. The zero-order valence-electron chi connectivity index (χ0n) is 9.65. The number of hydrogen-bond donors (Lipinski definition) is 2. The van der Waals surface area contributed by atoms with Gasteiger partial charge in [-0.2, -0.15) is 0 Å². The average molecular weight is 269 g/mol. The van der Waals surface area contributed by atoms with Crippen LogP contribution in [0.5, 0.6) is 0 Å². The first-order chi connectivity index (χ1) is 8.45. The van der Waals surface area contributed by atoms with Crippen molar-refractivity contribution in [1.29, 1.82) is 0 Å². The Labute approximate surface area is 109 Å². The van der Waals surface area contributed by atoms with Gasteiger partial charge < -0.3 is 10.2 Å². The Morgan fingerprint density at radius 1 is 1.33 bits per heavy atom. The van der Waals surface area contributed by atoms with Gasteiger partial charge in [0.05, 0.1) is 6.42 Å². The maximum Gasteiger partial charge on any atom is 0.314 e. The molecular weight excluding hydrogens is 256 g/mol. The minimum atomic E-state index is -1.34. The zero-order valence-corrected chi connectivity index (χ0v) is 10.4. The molecule has 0 bridgehead atoms. The first-order valence-corrected chi connectivity index (χ1v) is 6.07. The van der Waals surface area contributed by atoms with Crippen LogP contribution in [-0.4, -0.2) is 22.2 Å². The SMILES string of the molecule is O=C(O)CC1(C(=O)O)CCCc2ccc(Cl)cc21. The van der Waals surface area contributed by atoms with Gasteiger partial charge in [0.15, 0.2) is 0 Å². The monoisotopic (exact) mass is 268 g/mol. The van der Waals surface area contributed by atoms with Gasteiger partial charge in [-0.05, 0) is 42.5 Å². The van der Waals surface area contributed by atoms with Gasteiger partial charge in [-0.1, -0.05) is 17.7 Å². The van der Waals surface area contributed by atoms with Gasteiger partial charge in [0.25, 0.3) is 0 Å². The van der Waals surface area contributed by atoms with E-state index in [0.29, 0.717) is 23.4 Å². The van der Waals surface area contributed by atoms with Gasteiger partial charge in [0.2, 0.25) is 0 Å². The van der Waals surface area contributed by atoms with Crippen molar-refractivity contribution < 1.29 is 19.8 Å². The zero-order chi connectivity index (χ0) is 13.3. The first-order valence-electron chi connectivity index (χ1n) is 5.70. The summed E-state index contributed by atoms with van der Waals surface area (Å²) in [5, 5.41) is 18.9. The molecule has 0 amide bonds. The van der Waals surface area contributed by atoms with Gasteiger partial charge in [0, 0.05) is 5.02 Å². The Morgan fingerprint density at radius 3 is 2.67 bits per heavy atom. The van der Waals surface area contributed by atoms with Crippen LogP contribution >= 0.6 is 11.6 Å². The molecule has 1 atom stereocenters. The Morgan fingerprint density at radius 2 is 2.06 bits per heavy atom. The highest BCUT2D eigenvalue weighted by atomic mass is 35.5. The van der Waals surface area contributed by atoms with E-state index < -0.39 is 23.8 Å². The molecule has 1 aliphatic rings. The quantitative estimate of drug-likeness (QED) is 0.883. The van der Waals surface area contributed by atoms with E-state index in [2.05, 4.69) is 0 Å². The fraction of sp³-hybridized carbons (Fsp3) is 0.385. The molecule has 0 aromatic heterocycles. The minimum absolute atomic E-state index is 0.335. The molecule has 96 valence electrons. The third kappa shape index (κ3) is 2.08. The Kier molecular flexibility index (Phi) is 3.30. The van der Waals surface area contributed by atoms with Crippen molar-refractivity contribution in [3.05, 3.63) is 34.3 Å². The van der Waals surface area contributed by atoms with Crippen LogP contribution in [0.3, 0.4) is 0 Å². The van der Waals surface area contributed by atoms with Gasteiger partial charge in [-0.15, -0.1) is 0 Å². The predicted molar refractivity (Wildman–Crippen MR) is 66.0 cm³/mol. The largest absolute Gasteiger partial charge is 0.481 e. The molecule has 1 aromatic rings. The lowest BCUT2D eigenvalue weighted by atomic mass is 9.68. The lowest BCUT2D eigenvalue weighted by molar-refractivity contribution is -0.151. The normalized spacial score (nSPS) is 22.3. The van der Waals surface area contributed by atoms with Crippen molar-refractivity contribution >= 4 is 23.5 Å². The van der Waals surface area contributed by atoms with E-state index in [1.165, 1.54) is 0 Å². The number of carboxylic acids is 2. The molecule has 2 rings (SSSR count). The number of carbonyl (C=O) groups is 2. The summed E-state index contributed by atoms with van der Waals surface area (Å²) in [7, 11) is 0. The maximum absolute atomic E-state index is 11.6. The summed E-state index contributed by atoms with van der Waals surface area (Å²) < 4.78 is 0. The van der Waals surface area contributed by atoms with E-state index >= 15 is 0 Å². The minimum Gasteiger partial charge on any atom is -0.481 e. The second kappa shape index (κ2) is 4.61. The molecule has 18 heavy (non-hydrogen) atoms. The highest BCUT2D eigenvalue weighted by Crippen LogP contribution is 2.41. The van der Waals surface area contributed by atoms with Gasteiger partial charge in [-0.3, -0.25) is 9.59 Å². The Balaban J connectivity index is 2.59. The summed E-state index contributed by atoms with van der Waals surface area (Å²) >= 11 is 5.90. The fourth-order valence-electron chi connectivity index (χ4n) is 2.67. The van der Waals surface area contributed by atoms with Gasteiger partial charge >= 0.3 is 11.9 Å². The summed E-state index contributed by atoms with van der Waals surface area (Å²) in [6.45, 7) is 0. The van der Waals surface area contributed by atoms with Crippen LogP contribution in [0.4, 0.5) is 0 Å². The van der Waals surface area contributed by atoms with Crippen molar-refractivity contribution in [3.63, 3.8) is 0 Å². The van der Waals surface area contributed by atoms with Crippen LogP contribution < -0.4 is 0 Å². The van der Waals surface area contributed by atoms with Crippen LogP contribution in [0.2, 0.25) is 5.02 Å². The molecule has 0 saturated carbocycles. The van der Waals surface area contributed by atoms with Crippen molar-refractivity contribution in [1.82, 2.24) is 0 Å². The number of carboxylic acid groups (broad SMARTS) is 2. The number of halogens is 1. The molecule has 1 aliphatic carbocycles. The lowest BCUT2D eigenvalue weighted by Gasteiger charge is -2.34. The number of fused-ring (bicyclic) bond motifs is 1. The molecule has 1 aromatic carbocycles. The van der Waals surface area contributed by atoms with E-state index in [0.717, 1.165) is 12.0 Å². The standard InChI is InChI=1S/C13H13ClO4/c14-9-4-3-8-2-1-5-13(12(17)18,7-11(15)16)10(8)6-9/h3-4,6H,1-2,5,7H2,(H,15,16)(H,17,18). The molecule has 2 N–H and O–H groups in total. The van der Waals surface area contributed by atoms with E-state index in [-0.39, 0.29) is 0 Å². The summed E-state index contributed by atoms with van der Waals surface area (Å²) in [5.41, 5.74) is 0.0927. The third-order valence-electron chi connectivity index (χ3n) is 3.50. The average Bonchev–Trinajstić information content (AvgIpc) is 2.29. The highest BCUT2D eigenvalue weighted by molar-refractivity contribution is 6.30. The molecule has 4 nitrogen and oxygen atoms in total. The molecule has 0 aliphatic heterocycles. The summed E-state index contributed by atoms with van der Waals surface area (Å²) in [6.07, 6.45) is 1.37. The molecule has 0 heterocycles. The maximum atomic E-state index is 11.6.